The number of likely N-dealkylation sites (tertiary alicyclic amines) is 1. The third kappa shape index (κ3) is 5.38. The van der Waals surface area contributed by atoms with Crippen molar-refractivity contribution in [3.05, 3.63) is 65.2 Å². The number of carbonyl (C=O) groups excluding carboxylic acids is 2. The number of nitrogens with zero attached hydrogens (tertiary/aromatic N) is 2. The lowest BCUT2D eigenvalue weighted by molar-refractivity contribution is -0.126. The maximum absolute atomic E-state index is 13.0. The summed E-state index contributed by atoms with van der Waals surface area (Å²) in [5.41, 5.74) is 1.91. The molecule has 30 heavy (non-hydrogen) atoms. The number of nitrogens with one attached hydrogen (secondary N) is 1. The number of nitriles is 1. The molecule has 0 aliphatic carbocycles. The first-order chi connectivity index (χ1) is 14.6. The quantitative estimate of drug-likeness (QED) is 0.764. The predicted octanol–water partition coefficient (Wildman–Crippen LogP) is 3.52. The summed E-state index contributed by atoms with van der Waals surface area (Å²) in [6, 6.07) is 16.5. The smallest absolute Gasteiger partial charge is 0.254 e. The highest BCUT2D eigenvalue weighted by Crippen LogP contribution is 2.22. The number of rotatable bonds is 7. The Kier molecular flexibility index (Phi) is 7.45. The average molecular weight is 405 g/mol. The molecule has 0 bridgehead atoms. The van der Waals surface area contributed by atoms with Crippen LogP contribution in [0.25, 0.3) is 0 Å². The lowest BCUT2D eigenvalue weighted by atomic mass is 9.96. The Balaban J connectivity index is 1.64. The molecule has 1 atom stereocenters. The largest absolute Gasteiger partial charge is 0.489 e. The molecule has 0 radical (unpaired) electrons. The minimum atomic E-state index is -0.156. The Morgan fingerprint density at radius 1 is 1.23 bits per heavy atom. The van der Waals surface area contributed by atoms with E-state index in [0.717, 1.165) is 24.8 Å². The normalized spacial score (nSPS) is 15.9. The van der Waals surface area contributed by atoms with Gasteiger partial charge in [-0.05, 0) is 43.5 Å². The number of hydrogen-bond donors (Lipinski definition) is 1. The van der Waals surface area contributed by atoms with E-state index in [2.05, 4.69) is 11.4 Å². The first kappa shape index (κ1) is 21.4. The van der Waals surface area contributed by atoms with Crippen LogP contribution in [0.4, 0.5) is 0 Å². The molecule has 1 aliphatic rings. The van der Waals surface area contributed by atoms with E-state index in [1.807, 2.05) is 25.1 Å². The van der Waals surface area contributed by atoms with Crippen LogP contribution in [0.3, 0.4) is 0 Å². The number of piperidine rings is 1. The minimum Gasteiger partial charge on any atom is -0.489 e. The van der Waals surface area contributed by atoms with Crippen molar-refractivity contribution >= 4 is 11.8 Å². The van der Waals surface area contributed by atoms with Crippen LogP contribution < -0.4 is 10.1 Å². The van der Waals surface area contributed by atoms with Crippen LogP contribution in [0.15, 0.2) is 48.5 Å². The number of hydrogen-bond acceptors (Lipinski definition) is 4. The molecule has 1 aliphatic heterocycles. The van der Waals surface area contributed by atoms with Crippen molar-refractivity contribution in [2.45, 2.75) is 32.8 Å². The zero-order chi connectivity index (χ0) is 21.3. The van der Waals surface area contributed by atoms with Crippen molar-refractivity contribution < 1.29 is 14.3 Å². The summed E-state index contributed by atoms with van der Waals surface area (Å²) >= 11 is 0. The van der Waals surface area contributed by atoms with Gasteiger partial charge in [-0.3, -0.25) is 9.59 Å². The van der Waals surface area contributed by atoms with Gasteiger partial charge in [-0.1, -0.05) is 31.2 Å². The molecule has 1 N–H and O–H groups in total. The molecule has 1 heterocycles. The first-order valence-corrected chi connectivity index (χ1v) is 10.4. The second-order valence-corrected chi connectivity index (χ2v) is 7.47. The number of carbonyl (C=O) groups is 2. The summed E-state index contributed by atoms with van der Waals surface area (Å²) in [7, 11) is 0. The Labute approximate surface area is 177 Å². The van der Waals surface area contributed by atoms with Gasteiger partial charge >= 0.3 is 0 Å². The lowest BCUT2D eigenvalue weighted by Crippen LogP contribution is -2.45. The van der Waals surface area contributed by atoms with Gasteiger partial charge < -0.3 is 15.0 Å². The van der Waals surface area contributed by atoms with Crippen LogP contribution in [0.2, 0.25) is 0 Å². The fraction of sp³-hybridized carbons (Fsp3) is 0.375. The fourth-order valence-corrected chi connectivity index (χ4v) is 3.59. The monoisotopic (exact) mass is 405 g/mol. The van der Waals surface area contributed by atoms with Gasteiger partial charge in [0.2, 0.25) is 5.91 Å². The molecule has 1 saturated heterocycles. The Morgan fingerprint density at radius 2 is 2.07 bits per heavy atom. The number of amides is 2. The predicted molar refractivity (Wildman–Crippen MR) is 114 cm³/mol. The van der Waals surface area contributed by atoms with Gasteiger partial charge in [0, 0.05) is 30.8 Å². The molecule has 2 aromatic rings. The van der Waals surface area contributed by atoms with E-state index in [1.165, 1.54) is 0 Å². The van der Waals surface area contributed by atoms with E-state index in [1.54, 1.807) is 35.2 Å². The minimum absolute atomic E-state index is 0.0302. The third-order valence-electron chi connectivity index (χ3n) is 5.24. The molecule has 3 rings (SSSR count). The van der Waals surface area contributed by atoms with Crippen LogP contribution in [0, 0.1) is 17.2 Å². The van der Waals surface area contributed by atoms with Crippen LogP contribution >= 0.6 is 0 Å². The Hall–Kier alpha value is -3.33. The molecule has 0 aromatic heterocycles. The standard InChI is InChI=1S/C24H27N3O3/c1-2-12-26-23(28)20-10-6-13-27(16-20)24(29)18-9-5-11-22(14-18)30-17-21-8-4-3-7-19(21)15-25/h3-5,7-9,11,14,20H,2,6,10,12-13,16-17H2,1H3,(H,26,28). The fourth-order valence-electron chi connectivity index (χ4n) is 3.59. The van der Waals surface area contributed by atoms with Gasteiger partial charge in [-0.15, -0.1) is 0 Å². The summed E-state index contributed by atoms with van der Waals surface area (Å²) < 4.78 is 5.83. The van der Waals surface area contributed by atoms with Gasteiger partial charge in [0.25, 0.3) is 5.91 Å². The lowest BCUT2D eigenvalue weighted by Gasteiger charge is -2.32. The summed E-state index contributed by atoms with van der Waals surface area (Å²) in [6.45, 7) is 4.03. The van der Waals surface area contributed by atoms with E-state index < -0.39 is 0 Å². The number of benzene rings is 2. The van der Waals surface area contributed by atoms with E-state index in [4.69, 9.17) is 4.74 Å². The zero-order valence-electron chi connectivity index (χ0n) is 17.3. The van der Waals surface area contributed by atoms with Gasteiger partial charge in [0.05, 0.1) is 17.6 Å². The van der Waals surface area contributed by atoms with E-state index in [-0.39, 0.29) is 24.3 Å². The van der Waals surface area contributed by atoms with Gasteiger partial charge in [0.15, 0.2) is 0 Å². The summed E-state index contributed by atoms with van der Waals surface area (Å²) in [5, 5.41) is 12.1. The molecule has 6 nitrogen and oxygen atoms in total. The SMILES string of the molecule is CCCNC(=O)C1CCCN(C(=O)c2cccc(OCc3ccccc3C#N)c2)C1. The van der Waals surface area contributed by atoms with Crippen molar-refractivity contribution in [2.75, 3.05) is 19.6 Å². The second-order valence-electron chi connectivity index (χ2n) is 7.47. The van der Waals surface area contributed by atoms with E-state index in [9.17, 15) is 14.9 Å². The molecular weight excluding hydrogens is 378 g/mol. The maximum atomic E-state index is 13.0. The van der Waals surface area contributed by atoms with Crippen molar-refractivity contribution in [3.63, 3.8) is 0 Å². The van der Waals surface area contributed by atoms with Crippen molar-refractivity contribution in [1.29, 1.82) is 5.26 Å². The van der Waals surface area contributed by atoms with Gasteiger partial charge in [-0.25, -0.2) is 0 Å². The molecule has 6 heteroatoms. The highest BCUT2D eigenvalue weighted by atomic mass is 16.5. The van der Waals surface area contributed by atoms with E-state index in [0.29, 0.717) is 36.5 Å². The summed E-state index contributed by atoms with van der Waals surface area (Å²) in [6.07, 6.45) is 2.52. The van der Waals surface area contributed by atoms with Crippen molar-refractivity contribution in [2.24, 2.45) is 5.92 Å². The molecule has 2 amide bonds. The van der Waals surface area contributed by atoms with Crippen LogP contribution in [0.5, 0.6) is 5.75 Å². The summed E-state index contributed by atoms with van der Waals surface area (Å²) in [5.74, 6) is 0.354. The third-order valence-corrected chi connectivity index (χ3v) is 5.24. The molecule has 156 valence electrons. The van der Waals surface area contributed by atoms with Gasteiger partial charge in [0.1, 0.15) is 12.4 Å². The molecule has 2 aromatic carbocycles. The second kappa shape index (κ2) is 10.4. The van der Waals surface area contributed by atoms with Crippen molar-refractivity contribution in [1.82, 2.24) is 10.2 Å². The van der Waals surface area contributed by atoms with Crippen LogP contribution in [-0.4, -0.2) is 36.3 Å². The molecule has 0 saturated carbocycles. The molecule has 1 unspecified atom stereocenters. The highest BCUT2D eigenvalue weighted by molar-refractivity contribution is 5.95. The Bertz CT molecular complexity index is 935. The van der Waals surface area contributed by atoms with E-state index >= 15 is 0 Å². The molecule has 0 spiro atoms. The topological polar surface area (TPSA) is 82.4 Å². The molecule has 1 fully saturated rings. The summed E-state index contributed by atoms with van der Waals surface area (Å²) in [4.78, 5) is 27.1. The van der Waals surface area contributed by atoms with Gasteiger partial charge in [-0.2, -0.15) is 5.26 Å². The highest BCUT2D eigenvalue weighted by Gasteiger charge is 2.28. The van der Waals surface area contributed by atoms with Crippen LogP contribution in [0.1, 0.15) is 47.7 Å². The number of ether oxygens (including phenoxy) is 1. The zero-order valence-corrected chi connectivity index (χ0v) is 17.3. The first-order valence-electron chi connectivity index (χ1n) is 10.4. The van der Waals surface area contributed by atoms with Crippen molar-refractivity contribution in [3.8, 4) is 11.8 Å². The van der Waals surface area contributed by atoms with Crippen LogP contribution in [-0.2, 0) is 11.4 Å². The Morgan fingerprint density at radius 3 is 2.87 bits per heavy atom. The average Bonchev–Trinajstić information content (AvgIpc) is 2.81. The maximum Gasteiger partial charge on any atom is 0.254 e. The molecular formula is C24H27N3O3.